The number of hydrogen-bond donors (Lipinski definition) is 0. The summed E-state index contributed by atoms with van der Waals surface area (Å²) < 4.78 is 29.4. The Kier molecular flexibility index (Phi) is 9.90. The van der Waals surface area contributed by atoms with Gasteiger partial charge in [-0.05, 0) is 107 Å². The number of halogens is 2. The molecule has 0 atom stereocenters. The zero-order valence-electron chi connectivity index (χ0n) is 19.8. The summed E-state index contributed by atoms with van der Waals surface area (Å²) in [4.78, 5) is 2.63. The molecule has 0 spiro atoms. The van der Waals surface area contributed by atoms with Gasteiger partial charge in [-0.1, -0.05) is 34.5 Å². The van der Waals surface area contributed by atoms with E-state index in [2.05, 4.69) is 33.0 Å². The number of nitrogens with zero attached hydrogens (tertiary/aromatic N) is 3. The van der Waals surface area contributed by atoms with Crippen molar-refractivity contribution in [3.8, 4) is 0 Å². The molecule has 0 bridgehead atoms. The number of likely N-dealkylation sites (tertiary alicyclic amines) is 1. The van der Waals surface area contributed by atoms with Crippen molar-refractivity contribution in [3.63, 3.8) is 0 Å². The highest BCUT2D eigenvalue weighted by atomic mass is 79.9. The quantitative estimate of drug-likeness (QED) is 0.413. The molecule has 5 nitrogen and oxygen atoms in total. The second kappa shape index (κ2) is 12.0. The first kappa shape index (κ1) is 26.4. The third-order valence-electron chi connectivity index (χ3n) is 7.37. The summed E-state index contributed by atoms with van der Waals surface area (Å²) in [6.07, 6.45) is 9.10. The first-order chi connectivity index (χ1) is 15.2. The Bertz CT molecular complexity index is 836. The van der Waals surface area contributed by atoms with Crippen LogP contribution >= 0.6 is 27.5 Å². The molecule has 0 amide bonds. The van der Waals surface area contributed by atoms with Crippen LogP contribution in [-0.2, 0) is 16.6 Å². The standard InChI is InChI=1S/C24H39BrClN3O2S/c1-4-29(32(30,31)27(2)3)23-8-5-19(6-9-23)11-14-28-15-12-20(13-16-28)17-21-18-22(26)7-10-24(21)25/h7,10,18-20,23H,4-6,8-9,11-17H2,1-3H3/t19-,23-. The van der Waals surface area contributed by atoms with E-state index in [0.717, 1.165) is 49.0 Å². The van der Waals surface area contributed by atoms with E-state index in [1.54, 1.807) is 18.4 Å². The lowest BCUT2D eigenvalue weighted by molar-refractivity contribution is 0.155. The molecule has 1 aromatic rings. The van der Waals surface area contributed by atoms with Gasteiger partial charge in [0.2, 0.25) is 0 Å². The van der Waals surface area contributed by atoms with Crippen molar-refractivity contribution < 1.29 is 8.42 Å². The first-order valence-corrected chi connectivity index (χ1v) is 14.6. The van der Waals surface area contributed by atoms with Crippen molar-refractivity contribution >= 4 is 37.7 Å². The molecule has 32 heavy (non-hydrogen) atoms. The number of piperidine rings is 1. The maximum absolute atomic E-state index is 12.6. The first-order valence-electron chi connectivity index (χ1n) is 12.1. The summed E-state index contributed by atoms with van der Waals surface area (Å²) in [5.74, 6) is 1.46. The lowest BCUT2D eigenvalue weighted by Gasteiger charge is -2.38. The lowest BCUT2D eigenvalue weighted by Crippen LogP contribution is -2.47. The van der Waals surface area contributed by atoms with Crippen molar-refractivity contribution in [2.24, 2.45) is 11.8 Å². The molecule has 1 aromatic carbocycles. The molecule has 2 aliphatic rings. The summed E-state index contributed by atoms with van der Waals surface area (Å²) in [5.41, 5.74) is 1.32. The van der Waals surface area contributed by atoms with Crippen LogP contribution in [0.2, 0.25) is 5.02 Å². The summed E-state index contributed by atoms with van der Waals surface area (Å²) in [7, 11) is -0.0693. The van der Waals surface area contributed by atoms with Gasteiger partial charge in [-0.3, -0.25) is 0 Å². The monoisotopic (exact) mass is 547 g/mol. The number of rotatable bonds is 9. The fourth-order valence-corrected chi connectivity index (χ4v) is 7.27. The second-order valence-corrected chi connectivity index (χ2v) is 13.1. The Morgan fingerprint density at radius 1 is 1.06 bits per heavy atom. The SMILES string of the molecule is CCN([C@H]1CC[C@H](CCN2CCC(Cc3cc(Cl)ccc3Br)CC2)CC1)S(=O)(=O)N(C)C. The van der Waals surface area contributed by atoms with Crippen LogP contribution in [0.4, 0.5) is 0 Å². The normalized spacial score (nSPS) is 23.8. The molecule has 1 aliphatic heterocycles. The lowest BCUT2D eigenvalue weighted by atomic mass is 9.83. The van der Waals surface area contributed by atoms with E-state index < -0.39 is 10.2 Å². The van der Waals surface area contributed by atoms with Gasteiger partial charge in [-0.25, -0.2) is 0 Å². The smallest absolute Gasteiger partial charge is 0.281 e. The molecule has 0 N–H and O–H groups in total. The Morgan fingerprint density at radius 3 is 2.31 bits per heavy atom. The average molecular weight is 549 g/mol. The third kappa shape index (κ3) is 6.92. The van der Waals surface area contributed by atoms with Gasteiger partial charge in [-0.2, -0.15) is 17.0 Å². The van der Waals surface area contributed by atoms with Gasteiger partial charge in [-0.15, -0.1) is 0 Å². The van der Waals surface area contributed by atoms with Gasteiger partial charge in [0, 0.05) is 36.2 Å². The highest BCUT2D eigenvalue weighted by Crippen LogP contribution is 2.32. The summed E-state index contributed by atoms with van der Waals surface area (Å²) in [6, 6.07) is 6.24. The van der Waals surface area contributed by atoms with Crippen molar-refractivity contribution in [1.29, 1.82) is 0 Å². The molecular weight excluding hydrogens is 510 g/mol. The Hall–Kier alpha value is -0.180. The van der Waals surface area contributed by atoms with E-state index in [1.165, 1.54) is 53.2 Å². The minimum atomic E-state index is -3.32. The molecule has 1 saturated heterocycles. The van der Waals surface area contributed by atoms with Gasteiger partial charge >= 0.3 is 0 Å². The topological polar surface area (TPSA) is 43.9 Å². The maximum Gasteiger partial charge on any atom is 0.281 e. The highest BCUT2D eigenvalue weighted by molar-refractivity contribution is 9.10. The fraction of sp³-hybridized carbons (Fsp3) is 0.750. The van der Waals surface area contributed by atoms with Crippen molar-refractivity contribution in [3.05, 3.63) is 33.3 Å². The summed E-state index contributed by atoms with van der Waals surface area (Å²) in [6.45, 7) is 6.04. The van der Waals surface area contributed by atoms with Crippen molar-refractivity contribution in [2.75, 3.05) is 40.3 Å². The van der Waals surface area contributed by atoms with Crippen LogP contribution in [0.5, 0.6) is 0 Å². The maximum atomic E-state index is 12.6. The molecule has 1 saturated carbocycles. The molecule has 0 radical (unpaired) electrons. The van der Waals surface area contributed by atoms with E-state index in [4.69, 9.17) is 11.6 Å². The van der Waals surface area contributed by atoms with Gasteiger partial charge in [0.05, 0.1) is 0 Å². The predicted molar refractivity (Wildman–Crippen MR) is 137 cm³/mol. The highest BCUT2D eigenvalue weighted by Gasteiger charge is 2.33. The molecule has 0 aromatic heterocycles. The largest absolute Gasteiger partial charge is 0.303 e. The minimum Gasteiger partial charge on any atom is -0.303 e. The second-order valence-electron chi connectivity index (χ2n) is 9.68. The zero-order valence-corrected chi connectivity index (χ0v) is 22.9. The number of hydrogen-bond acceptors (Lipinski definition) is 3. The van der Waals surface area contributed by atoms with E-state index >= 15 is 0 Å². The predicted octanol–water partition coefficient (Wildman–Crippen LogP) is 5.43. The Balaban J connectivity index is 1.38. The summed E-state index contributed by atoms with van der Waals surface area (Å²) >= 11 is 9.85. The van der Waals surface area contributed by atoms with Crippen LogP contribution in [0.15, 0.2) is 22.7 Å². The average Bonchev–Trinajstić information content (AvgIpc) is 2.77. The van der Waals surface area contributed by atoms with Gasteiger partial charge in [0.25, 0.3) is 10.2 Å². The molecule has 8 heteroatoms. The molecule has 0 unspecified atom stereocenters. The molecule has 3 rings (SSSR count). The van der Waals surface area contributed by atoms with Crippen LogP contribution in [0.25, 0.3) is 0 Å². The van der Waals surface area contributed by atoms with Crippen molar-refractivity contribution in [2.45, 2.75) is 64.3 Å². The molecular formula is C24H39BrClN3O2S. The molecule has 182 valence electrons. The third-order valence-corrected chi connectivity index (χ3v) is 10.5. The van der Waals surface area contributed by atoms with Gasteiger partial charge < -0.3 is 4.90 Å². The van der Waals surface area contributed by atoms with Crippen LogP contribution in [-0.4, -0.2) is 68.2 Å². The van der Waals surface area contributed by atoms with Gasteiger partial charge in [0.1, 0.15) is 0 Å². The Morgan fingerprint density at radius 2 is 1.72 bits per heavy atom. The minimum absolute atomic E-state index is 0.158. The molecule has 1 aliphatic carbocycles. The van der Waals surface area contributed by atoms with Gasteiger partial charge in [0.15, 0.2) is 0 Å². The van der Waals surface area contributed by atoms with E-state index in [9.17, 15) is 8.42 Å². The van der Waals surface area contributed by atoms with Crippen LogP contribution in [0.1, 0.15) is 57.4 Å². The van der Waals surface area contributed by atoms with Crippen LogP contribution in [0.3, 0.4) is 0 Å². The van der Waals surface area contributed by atoms with Crippen LogP contribution < -0.4 is 0 Å². The number of benzene rings is 1. The zero-order chi connectivity index (χ0) is 23.3. The molecule has 2 fully saturated rings. The summed E-state index contributed by atoms with van der Waals surface area (Å²) in [5, 5.41) is 0.816. The Labute approximate surface area is 208 Å². The fourth-order valence-electron chi connectivity index (χ4n) is 5.33. The van der Waals surface area contributed by atoms with E-state index in [1.807, 2.05) is 13.0 Å². The van der Waals surface area contributed by atoms with Crippen LogP contribution in [0, 0.1) is 11.8 Å². The van der Waals surface area contributed by atoms with E-state index in [-0.39, 0.29) is 6.04 Å². The van der Waals surface area contributed by atoms with E-state index in [0.29, 0.717) is 6.54 Å². The van der Waals surface area contributed by atoms with Crippen molar-refractivity contribution in [1.82, 2.24) is 13.5 Å². The molecule has 1 heterocycles.